The lowest BCUT2D eigenvalue weighted by Crippen LogP contribution is -2.23. The predicted molar refractivity (Wildman–Crippen MR) is 136 cm³/mol. The summed E-state index contributed by atoms with van der Waals surface area (Å²) in [6, 6.07) is 20.9. The van der Waals surface area contributed by atoms with Gasteiger partial charge < -0.3 is 15.2 Å². The SMILES string of the molecule is COCCOC(=O)Cc1ccccc1Cn1c(=O)n(C)c2ccc(-c3cccc(C(=N)N)c3)cc21. The number of esters is 1. The zero-order valence-corrected chi connectivity index (χ0v) is 19.8. The molecule has 0 saturated carbocycles. The van der Waals surface area contributed by atoms with E-state index in [0.29, 0.717) is 18.7 Å². The lowest BCUT2D eigenvalue weighted by atomic mass is 10.0. The van der Waals surface area contributed by atoms with Crippen LogP contribution in [0.25, 0.3) is 22.2 Å². The van der Waals surface area contributed by atoms with E-state index >= 15 is 0 Å². The van der Waals surface area contributed by atoms with Crippen LogP contribution in [0.3, 0.4) is 0 Å². The number of aromatic nitrogens is 2. The Morgan fingerprint density at radius 3 is 2.43 bits per heavy atom. The molecule has 1 heterocycles. The van der Waals surface area contributed by atoms with Gasteiger partial charge in [-0.1, -0.05) is 48.5 Å². The van der Waals surface area contributed by atoms with E-state index in [-0.39, 0.29) is 30.5 Å². The topological polar surface area (TPSA) is 112 Å². The van der Waals surface area contributed by atoms with Crippen molar-refractivity contribution in [2.45, 2.75) is 13.0 Å². The third-order valence-corrected chi connectivity index (χ3v) is 5.98. The van der Waals surface area contributed by atoms with Crippen molar-refractivity contribution in [1.82, 2.24) is 9.13 Å². The Morgan fingerprint density at radius 1 is 0.943 bits per heavy atom. The van der Waals surface area contributed by atoms with Gasteiger partial charge in [0.25, 0.3) is 0 Å². The Morgan fingerprint density at radius 2 is 1.69 bits per heavy atom. The van der Waals surface area contributed by atoms with Gasteiger partial charge in [0.15, 0.2) is 0 Å². The molecule has 0 fully saturated rings. The molecule has 0 spiro atoms. The van der Waals surface area contributed by atoms with Crippen molar-refractivity contribution in [3.05, 3.63) is 93.9 Å². The summed E-state index contributed by atoms with van der Waals surface area (Å²) in [5, 5.41) is 7.72. The van der Waals surface area contributed by atoms with E-state index in [0.717, 1.165) is 33.3 Å². The van der Waals surface area contributed by atoms with Crippen LogP contribution in [0, 0.1) is 5.41 Å². The third kappa shape index (κ3) is 5.17. The smallest absolute Gasteiger partial charge is 0.329 e. The predicted octanol–water partition coefficient (Wildman–Crippen LogP) is 3.07. The monoisotopic (exact) mass is 472 g/mol. The summed E-state index contributed by atoms with van der Waals surface area (Å²) < 4.78 is 13.5. The Kier molecular flexibility index (Phi) is 7.12. The standard InChI is InChI=1S/C27H28N4O4/c1-30-23-11-10-20(18-8-5-9-21(14-18)26(28)29)15-24(23)31(27(30)33)17-22-7-4-3-6-19(22)16-25(32)35-13-12-34-2/h3-11,14-15H,12-13,16-17H2,1-2H3,(H3,28,29). The molecule has 3 N–H and O–H groups in total. The van der Waals surface area contributed by atoms with Gasteiger partial charge in [0.1, 0.15) is 12.4 Å². The zero-order chi connectivity index (χ0) is 24.9. The van der Waals surface area contributed by atoms with Crippen LogP contribution in [-0.2, 0) is 34.3 Å². The normalized spacial score (nSPS) is 11.0. The molecule has 8 heteroatoms. The van der Waals surface area contributed by atoms with E-state index in [4.69, 9.17) is 20.6 Å². The summed E-state index contributed by atoms with van der Waals surface area (Å²) in [6.07, 6.45) is 0.114. The molecule has 0 aliphatic heterocycles. The number of methoxy groups -OCH3 is 1. The van der Waals surface area contributed by atoms with Gasteiger partial charge in [-0.05, 0) is 40.5 Å². The summed E-state index contributed by atoms with van der Waals surface area (Å²) in [5.41, 5.74) is 11.2. The van der Waals surface area contributed by atoms with Gasteiger partial charge >= 0.3 is 11.7 Å². The lowest BCUT2D eigenvalue weighted by Gasteiger charge is -2.11. The van der Waals surface area contributed by atoms with Crippen LogP contribution in [0.2, 0.25) is 0 Å². The van der Waals surface area contributed by atoms with Gasteiger partial charge in [-0.25, -0.2) is 4.79 Å². The van der Waals surface area contributed by atoms with Crippen molar-refractivity contribution < 1.29 is 14.3 Å². The van der Waals surface area contributed by atoms with Crippen molar-refractivity contribution in [3.8, 4) is 11.1 Å². The van der Waals surface area contributed by atoms with E-state index in [1.165, 1.54) is 0 Å². The van der Waals surface area contributed by atoms with E-state index in [9.17, 15) is 9.59 Å². The average molecular weight is 473 g/mol. The maximum atomic E-state index is 13.2. The number of aryl methyl sites for hydroxylation is 1. The minimum atomic E-state index is -0.340. The summed E-state index contributed by atoms with van der Waals surface area (Å²) in [6.45, 7) is 0.860. The van der Waals surface area contributed by atoms with E-state index in [2.05, 4.69) is 0 Å². The van der Waals surface area contributed by atoms with Crippen molar-refractivity contribution >= 4 is 22.8 Å². The molecule has 4 aromatic rings. The number of nitrogens with zero attached hydrogens (tertiary/aromatic N) is 2. The molecule has 0 atom stereocenters. The molecule has 35 heavy (non-hydrogen) atoms. The lowest BCUT2D eigenvalue weighted by molar-refractivity contribution is -0.144. The maximum Gasteiger partial charge on any atom is 0.329 e. The van der Waals surface area contributed by atoms with E-state index in [1.807, 2.05) is 60.7 Å². The highest BCUT2D eigenvalue weighted by molar-refractivity contribution is 5.96. The van der Waals surface area contributed by atoms with Gasteiger partial charge in [0, 0.05) is 19.7 Å². The molecular formula is C27H28N4O4. The number of imidazole rings is 1. The van der Waals surface area contributed by atoms with Crippen molar-refractivity contribution in [1.29, 1.82) is 5.41 Å². The number of ether oxygens (including phenoxy) is 2. The quantitative estimate of drug-likeness (QED) is 0.168. The number of rotatable bonds is 9. The number of hydrogen-bond donors (Lipinski definition) is 2. The molecule has 0 aliphatic carbocycles. The number of nitrogens with one attached hydrogen (secondary N) is 1. The second-order valence-electron chi connectivity index (χ2n) is 8.28. The highest BCUT2D eigenvalue weighted by Gasteiger charge is 2.15. The Balaban J connectivity index is 1.70. The van der Waals surface area contributed by atoms with Crippen LogP contribution in [0.5, 0.6) is 0 Å². The molecule has 3 aromatic carbocycles. The molecule has 8 nitrogen and oxygen atoms in total. The molecule has 0 bridgehead atoms. The average Bonchev–Trinajstić information content (AvgIpc) is 3.09. The van der Waals surface area contributed by atoms with Crippen LogP contribution in [0.4, 0.5) is 0 Å². The summed E-state index contributed by atoms with van der Waals surface area (Å²) in [4.78, 5) is 25.4. The Bertz CT molecular complexity index is 1450. The highest BCUT2D eigenvalue weighted by atomic mass is 16.6. The van der Waals surface area contributed by atoms with E-state index < -0.39 is 0 Å². The number of carbonyl (C=O) groups excluding carboxylic acids is 1. The van der Waals surface area contributed by atoms with Crippen LogP contribution < -0.4 is 11.4 Å². The molecular weight excluding hydrogens is 444 g/mol. The van der Waals surface area contributed by atoms with Gasteiger partial charge in [-0.15, -0.1) is 0 Å². The second kappa shape index (κ2) is 10.4. The van der Waals surface area contributed by atoms with Crippen LogP contribution in [-0.4, -0.2) is 41.3 Å². The van der Waals surface area contributed by atoms with Crippen LogP contribution in [0.15, 0.2) is 71.5 Å². The summed E-state index contributed by atoms with van der Waals surface area (Å²) in [7, 11) is 3.30. The number of fused-ring (bicyclic) bond motifs is 1. The first kappa shape index (κ1) is 24.0. The van der Waals surface area contributed by atoms with E-state index in [1.54, 1.807) is 29.4 Å². The van der Waals surface area contributed by atoms with Gasteiger partial charge in [-0.3, -0.25) is 19.3 Å². The molecule has 0 saturated heterocycles. The fourth-order valence-corrected chi connectivity index (χ4v) is 4.11. The number of hydrogen-bond acceptors (Lipinski definition) is 5. The second-order valence-corrected chi connectivity index (χ2v) is 8.28. The minimum absolute atomic E-state index is 0.00176. The van der Waals surface area contributed by atoms with Crippen LogP contribution in [0.1, 0.15) is 16.7 Å². The summed E-state index contributed by atoms with van der Waals surface area (Å²) >= 11 is 0. The molecule has 1 aromatic heterocycles. The van der Waals surface area contributed by atoms with Crippen molar-refractivity contribution in [2.75, 3.05) is 20.3 Å². The number of nitrogen functional groups attached to an aromatic ring is 1. The first-order valence-corrected chi connectivity index (χ1v) is 11.2. The number of nitrogens with two attached hydrogens (primary N) is 1. The van der Waals surface area contributed by atoms with Crippen LogP contribution >= 0.6 is 0 Å². The zero-order valence-electron chi connectivity index (χ0n) is 19.8. The van der Waals surface area contributed by atoms with Gasteiger partial charge in [0.05, 0.1) is 30.6 Å². The fraction of sp³-hybridized carbons (Fsp3) is 0.222. The highest BCUT2D eigenvalue weighted by Crippen LogP contribution is 2.25. The molecule has 0 radical (unpaired) electrons. The van der Waals surface area contributed by atoms with Crippen molar-refractivity contribution in [3.63, 3.8) is 0 Å². The molecule has 0 aliphatic rings. The molecule has 0 amide bonds. The maximum absolute atomic E-state index is 13.2. The van der Waals surface area contributed by atoms with Gasteiger partial charge in [0.2, 0.25) is 0 Å². The largest absolute Gasteiger partial charge is 0.463 e. The number of carbonyl (C=O) groups is 1. The first-order valence-electron chi connectivity index (χ1n) is 11.2. The van der Waals surface area contributed by atoms with Gasteiger partial charge in [-0.2, -0.15) is 0 Å². The third-order valence-electron chi connectivity index (χ3n) is 5.98. The molecule has 4 rings (SSSR count). The number of amidine groups is 1. The number of benzene rings is 3. The Hall–Kier alpha value is -4.17. The summed E-state index contributed by atoms with van der Waals surface area (Å²) in [5.74, 6) is -0.339. The fourth-order valence-electron chi connectivity index (χ4n) is 4.11. The minimum Gasteiger partial charge on any atom is -0.463 e. The molecule has 180 valence electrons. The van der Waals surface area contributed by atoms with Crippen molar-refractivity contribution in [2.24, 2.45) is 12.8 Å². The Labute approximate surface area is 203 Å². The molecule has 0 unspecified atom stereocenters. The first-order chi connectivity index (χ1) is 16.9.